The average Bonchev–Trinajstić information content (AvgIpc) is 2.51. The maximum Gasteiger partial charge on any atom is 0.0951 e. The van der Waals surface area contributed by atoms with Crippen molar-refractivity contribution in [1.29, 1.82) is 0 Å². The Morgan fingerprint density at radius 2 is 2.00 bits per heavy atom. The molecule has 0 saturated carbocycles. The number of anilines is 2. The van der Waals surface area contributed by atoms with Gasteiger partial charge in [-0.05, 0) is 37.1 Å². The smallest absolute Gasteiger partial charge is 0.0951 e. The molecule has 1 aromatic carbocycles. The summed E-state index contributed by atoms with van der Waals surface area (Å²) in [5.74, 6) is 0. The predicted octanol–water partition coefficient (Wildman–Crippen LogP) is 3.03. The van der Waals surface area contributed by atoms with Gasteiger partial charge in [-0.3, -0.25) is 4.98 Å². The predicted molar refractivity (Wildman–Crippen MR) is 84.7 cm³/mol. The first kappa shape index (κ1) is 14.6. The van der Waals surface area contributed by atoms with E-state index in [4.69, 9.17) is 5.73 Å². The lowest BCUT2D eigenvalue weighted by atomic mass is 9.83. The summed E-state index contributed by atoms with van der Waals surface area (Å²) >= 11 is 0. The van der Waals surface area contributed by atoms with Crippen molar-refractivity contribution in [3.8, 4) is 0 Å². The zero-order valence-corrected chi connectivity index (χ0v) is 12.2. The number of nitrogens with two attached hydrogens (primary N) is 1. The van der Waals surface area contributed by atoms with Gasteiger partial charge in [0.05, 0.1) is 17.8 Å². The Hall–Kier alpha value is -1.81. The minimum absolute atomic E-state index is 0.0735. The second kappa shape index (κ2) is 6.09. The van der Waals surface area contributed by atoms with Crippen LogP contribution in [0.25, 0.3) is 10.9 Å². The first-order valence-electron chi connectivity index (χ1n) is 7.13. The van der Waals surface area contributed by atoms with Crippen molar-refractivity contribution in [1.82, 2.24) is 4.98 Å². The van der Waals surface area contributed by atoms with Crippen molar-refractivity contribution in [2.75, 3.05) is 24.2 Å². The average molecular weight is 273 g/mol. The first-order valence-corrected chi connectivity index (χ1v) is 7.13. The normalized spacial score (nSPS) is 11.8. The third-order valence-electron chi connectivity index (χ3n) is 4.29. The number of nitrogens with one attached hydrogen (secondary N) is 1. The Kier molecular flexibility index (Phi) is 4.45. The van der Waals surface area contributed by atoms with Crippen LogP contribution in [0.2, 0.25) is 0 Å². The summed E-state index contributed by atoms with van der Waals surface area (Å²) in [6, 6.07) is 7.77. The Morgan fingerprint density at radius 3 is 2.65 bits per heavy atom. The van der Waals surface area contributed by atoms with Gasteiger partial charge in [0.1, 0.15) is 0 Å². The van der Waals surface area contributed by atoms with Crippen molar-refractivity contribution in [3.63, 3.8) is 0 Å². The van der Waals surface area contributed by atoms with Crippen LogP contribution in [0.15, 0.2) is 30.5 Å². The maximum atomic E-state index is 9.64. The fraction of sp³-hybridized carbons (Fsp3) is 0.438. The summed E-state index contributed by atoms with van der Waals surface area (Å²) in [6.07, 6.45) is 3.63. The molecule has 0 bridgehead atoms. The van der Waals surface area contributed by atoms with E-state index in [0.29, 0.717) is 5.69 Å². The number of hydrogen-bond donors (Lipinski definition) is 3. The number of aliphatic hydroxyl groups excluding tert-OH is 1. The first-order chi connectivity index (χ1) is 9.65. The van der Waals surface area contributed by atoms with Gasteiger partial charge < -0.3 is 16.2 Å². The van der Waals surface area contributed by atoms with E-state index >= 15 is 0 Å². The molecule has 0 radical (unpaired) electrons. The number of aromatic nitrogens is 1. The molecule has 0 aliphatic rings. The molecule has 0 aliphatic heterocycles. The number of pyridine rings is 1. The minimum atomic E-state index is -0.0735. The van der Waals surface area contributed by atoms with E-state index in [1.165, 1.54) is 0 Å². The van der Waals surface area contributed by atoms with Crippen LogP contribution in [0.4, 0.5) is 11.4 Å². The van der Waals surface area contributed by atoms with E-state index in [0.717, 1.165) is 36.0 Å². The molecule has 4 nitrogen and oxygen atoms in total. The van der Waals surface area contributed by atoms with E-state index in [9.17, 15) is 5.11 Å². The number of rotatable bonds is 6. The second-order valence-corrected chi connectivity index (χ2v) is 5.32. The molecule has 0 unspecified atom stereocenters. The number of benzene rings is 1. The monoisotopic (exact) mass is 273 g/mol. The molecule has 4 N–H and O–H groups in total. The van der Waals surface area contributed by atoms with E-state index in [1.807, 2.05) is 24.3 Å². The van der Waals surface area contributed by atoms with Gasteiger partial charge in [0.25, 0.3) is 0 Å². The van der Waals surface area contributed by atoms with Gasteiger partial charge >= 0.3 is 0 Å². The Labute approximate surface area is 120 Å². The third-order valence-corrected chi connectivity index (χ3v) is 4.29. The Morgan fingerprint density at radius 1 is 1.25 bits per heavy atom. The van der Waals surface area contributed by atoms with Gasteiger partial charge in [-0.15, -0.1) is 0 Å². The van der Waals surface area contributed by atoms with Crippen LogP contribution in [0, 0.1) is 5.41 Å². The third kappa shape index (κ3) is 2.70. The highest BCUT2D eigenvalue weighted by atomic mass is 16.3. The van der Waals surface area contributed by atoms with Crippen LogP contribution < -0.4 is 11.1 Å². The SMILES string of the molecule is CCC(CC)(CO)CNc1ccc(N)c2ncccc12. The molecule has 2 aromatic rings. The minimum Gasteiger partial charge on any atom is -0.397 e. The fourth-order valence-corrected chi connectivity index (χ4v) is 2.41. The molecule has 108 valence electrons. The highest BCUT2D eigenvalue weighted by molar-refractivity contribution is 5.98. The molecule has 2 rings (SSSR count). The van der Waals surface area contributed by atoms with Gasteiger partial charge in [0.15, 0.2) is 0 Å². The molecular weight excluding hydrogens is 250 g/mol. The Balaban J connectivity index is 2.29. The van der Waals surface area contributed by atoms with Gasteiger partial charge in [-0.25, -0.2) is 0 Å². The Bertz CT molecular complexity index is 571. The number of nitrogens with zero attached hydrogens (tertiary/aromatic N) is 1. The number of hydrogen-bond acceptors (Lipinski definition) is 4. The van der Waals surface area contributed by atoms with Crippen LogP contribution in [-0.2, 0) is 0 Å². The molecule has 0 aliphatic carbocycles. The number of nitrogen functional groups attached to an aromatic ring is 1. The molecule has 4 heteroatoms. The molecular formula is C16H23N3O. The van der Waals surface area contributed by atoms with Crippen LogP contribution in [-0.4, -0.2) is 23.2 Å². The van der Waals surface area contributed by atoms with Crippen LogP contribution in [0.3, 0.4) is 0 Å². The summed E-state index contributed by atoms with van der Waals surface area (Å²) < 4.78 is 0. The molecule has 1 aromatic heterocycles. The molecule has 0 fully saturated rings. The summed E-state index contributed by atoms with van der Waals surface area (Å²) in [5, 5.41) is 14.1. The quantitative estimate of drug-likeness (QED) is 0.707. The molecule has 1 heterocycles. The number of aliphatic hydroxyl groups is 1. The number of fused-ring (bicyclic) bond motifs is 1. The van der Waals surface area contributed by atoms with Gasteiger partial charge in [0.2, 0.25) is 0 Å². The van der Waals surface area contributed by atoms with Crippen molar-refractivity contribution < 1.29 is 5.11 Å². The maximum absolute atomic E-state index is 9.64. The zero-order valence-electron chi connectivity index (χ0n) is 12.2. The van der Waals surface area contributed by atoms with Crippen molar-refractivity contribution >= 4 is 22.3 Å². The van der Waals surface area contributed by atoms with E-state index in [2.05, 4.69) is 24.1 Å². The second-order valence-electron chi connectivity index (χ2n) is 5.32. The highest BCUT2D eigenvalue weighted by Gasteiger charge is 2.25. The highest BCUT2D eigenvalue weighted by Crippen LogP contribution is 2.30. The molecule has 0 atom stereocenters. The van der Waals surface area contributed by atoms with E-state index in [1.54, 1.807) is 6.20 Å². The van der Waals surface area contributed by atoms with Crippen LogP contribution >= 0.6 is 0 Å². The van der Waals surface area contributed by atoms with Gasteiger partial charge in [-0.2, -0.15) is 0 Å². The van der Waals surface area contributed by atoms with Crippen LogP contribution in [0.5, 0.6) is 0 Å². The fourth-order valence-electron chi connectivity index (χ4n) is 2.41. The lowest BCUT2D eigenvalue weighted by Gasteiger charge is -2.30. The van der Waals surface area contributed by atoms with Crippen molar-refractivity contribution in [2.45, 2.75) is 26.7 Å². The topological polar surface area (TPSA) is 71.2 Å². The van der Waals surface area contributed by atoms with Crippen molar-refractivity contribution in [3.05, 3.63) is 30.5 Å². The molecule has 0 spiro atoms. The van der Waals surface area contributed by atoms with Gasteiger partial charge in [0, 0.05) is 29.2 Å². The molecule has 20 heavy (non-hydrogen) atoms. The zero-order chi connectivity index (χ0) is 14.6. The van der Waals surface area contributed by atoms with E-state index < -0.39 is 0 Å². The largest absolute Gasteiger partial charge is 0.397 e. The van der Waals surface area contributed by atoms with Gasteiger partial charge in [-0.1, -0.05) is 13.8 Å². The summed E-state index contributed by atoms with van der Waals surface area (Å²) in [6.45, 7) is 5.16. The lowest BCUT2D eigenvalue weighted by Crippen LogP contribution is -2.32. The molecule has 0 saturated heterocycles. The van der Waals surface area contributed by atoms with E-state index in [-0.39, 0.29) is 12.0 Å². The van der Waals surface area contributed by atoms with Crippen molar-refractivity contribution in [2.24, 2.45) is 5.41 Å². The summed E-state index contributed by atoms with van der Waals surface area (Å²) in [7, 11) is 0. The molecule has 0 amide bonds. The lowest BCUT2D eigenvalue weighted by molar-refractivity contribution is 0.127. The van der Waals surface area contributed by atoms with Crippen LogP contribution in [0.1, 0.15) is 26.7 Å². The summed E-state index contributed by atoms with van der Waals surface area (Å²) in [5.41, 5.74) is 8.40. The summed E-state index contributed by atoms with van der Waals surface area (Å²) in [4.78, 5) is 4.33. The standard InChI is InChI=1S/C16H23N3O/c1-3-16(4-2,11-20)10-19-14-8-7-13(17)15-12(14)6-5-9-18-15/h5-9,19-20H,3-4,10-11,17H2,1-2H3.